The van der Waals surface area contributed by atoms with Gasteiger partial charge in [-0.15, -0.1) is 0 Å². The van der Waals surface area contributed by atoms with Gasteiger partial charge in [-0.25, -0.2) is 4.79 Å². The highest BCUT2D eigenvalue weighted by molar-refractivity contribution is 8.08. The summed E-state index contributed by atoms with van der Waals surface area (Å²) in [7, 11) is 0. The van der Waals surface area contributed by atoms with Crippen molar-refractivity contribution in [1.82, 2.24) is 0 Å². The van der Waals surface area contributed by atoms with Crippen molar-refractivity contribution in [3.05, 3.63) is 70.0 Å². The van der Waals surface area contributed by atoms with Crippen LogP contribution in [0, 0.1) is 0 Å². The van der Waals surface area contributed by atoms with Crippen LogP contribution < -0.4 is 0 Å². The van der Waals surface area contributed by atoms with Gasteiger partial charge in [0.05, 0.1) is 5.56 Å². The van der Waals surface area contributed by atoms with Crippen LogP contribution in [0.3, 0.4) is 0 Å². The number of thioether (sulfide) groups is 2. The number of fused-ring (bicyclic) bond motifs is 1. The molecule has 1 aliphatic heterocycles. The molecule has 2 aromatic rings. The Morgan fingerprint density at radius 3 is 2.27 bits per heavy atom. The zero-order chi connectivity index (χ0) is 15.5. The monoisotopic (exact) mass is 326 g/mol. The minimum absolute atomic E-state index is 0.309. The normalized spacial score (nSPS) is 13.8. The Labute approximate surface area is 137 Å². The Morgan fingerprint density at radius 1 is 0.955 bits per heavy atom. The molecular weight excluding hydrogens is 312 g/mol. The van der Waals surface area contributed by atoms with E-state index in [1.54, 1.807) is 35.7 Å². The lowest BCUT2D eigenvalue weighted by atomic mass is 10.0. The molecule has 3 rings (SSSR count). The van der Waals surface area contributed by atoms with Crippen LogP contribution in [0.25, 0.3) is 11.6 Å². The number of carbonyl (C=O) groups is 1. The van der Waals surface area contributed by atoms with Crippen LogP contribution in [0.2, 0.25) is 0 Å². The summed E-state index contributed by atoms with van der Waals surface area (Å²) in [5, 5.41) is 13.1. The fourth-order valence-corrected chi connectivity index (χ4v) is 3.93. The summed E-state index contributed by atoms with van der Waals surface area (Å²) < 4.78 is 0. The predicted molar refractivity (Wildman–Crippen MR) is 94.2 cm³/mol. The molecule has 0 aromatic heterocycles. The average Bonchev–Trinajstić information content (AvgIpc) is 2.55. The molecule has 110 valence electrons. The van der Waals surface area contributed by atoms with Gasteiger partial charge in [-0.05, 0) is 58.7 Å². The van der Waals surface area contributed by atoms with Gasteiger partial charge in [0, 0.05) is 9.79 Å². The molecule has 0 radical (unpaired) electrons. The third-order valence-electron chi connectivity index (χ3n) is 3.39. The molecular formula is C18H14O2S2. The number of hydrogen-bond acceptors (Lipinski definition) is 3. The standard InChI is InChI=1S/C18H14O2S2/c1-12(10-13-2-4-14(5-3-13)18(19)20)15-6-7-16-17(11-15)22-9-8-21-16/h2-11H,1H3,(H,19,20)/b12-10+. The molecule has 0 bridgehead atoms. The number of allylic oxidation sites excluding steroid dienone is 1. The highest BCUT2D eigenvalue weighted by atomic mass is 32.2. The van der Waals surface area contributed by atoms with Crippen LogP contribution in [-0.2, 0) is 0 Å². The molecule has 0 unspecified atom stereocenters. The van der Waals surface area contributed by atoms with Crippen molar-refractivity contribution in [2.24, 2.45) is 0 Å². The fraction of sp³-hybridized carbons (Fsp3) is 0.0556. The van der Waals surface area contributed by atoms with Gasteiger partial charge in [0.25, 0.3) is 0 Å². The maximum atomic E-state index is 10.9. The van der Waals surface area contributed by atoms with Gasteiger partial charge in [-0.2, -0.15) is 0 Å². The van der Waals surface area contributed by atoms with E-state index < -0.39 is 5.97 Å². The Kier molecular flexibility index (Phi) is 4.41. The van der Waals surface area contributed by atoms with Crippen molar-refractivity contribution in [2.45, 2.75) is 16.7 Å². The Morgan fingerprint density at radius 2 is 1.59 bits per heavy atom. The quantitative estimate of drug-likeness (QED) is 0.743. The fourth-order valence-electron chi connectivity index (χ4n) is 2.20. The van der Waals surface area contributed by atoms with Crippen LogP contribution in [0.1, 0.15) is 28.4 Å². The molecule has 0 saturated carbocycles. The largest absolute Gasteiger partial charge is 0.478 e. The van der Waals surface area contributed by atoms with E-state index in [2.05, 4.69) is 42.0 Å². The summed E-state index contributed by atoms with van der Waals surface area (Å²) in [5.41, 5.74) is 3.65. The molecule has 0 atom stereocenters. The molecule has 0 fully saturated rings. The van der Waals surface area contributed by atoms with Crippen molar-refractivity contribution in [3.8, 4) is 0 Å². The molecule has 0 aliphatic carbocycles. The van der Waals surface area contributed by atoms with E-state index in [0.29, 0.717) is 5.56 Å². The molecule has 0 saturated heterocycles. The summed E-state index contributed by atoms with van der Waals surface area (Å²) in [6.45, 7) is 2.07. The van der Waals surface area contributed by atoms with Gasteiger partial charge < -0.3 is 5.11 Å². The molecule has 4 heteroatoms. The number of hydrogen-bond donors (Lipinski definition) is 1. The number of carboxylic acids is 1. The summed E-state index contributed by atoms with van der Waals surface area (Å²) in [4.78, 5) is 13.4. The number of rotatable bonds is 3. The first-order chi connectivity index (χ1) is 10.6. The van der Waals surface area contributed by atoms with Gasteiger partial charge in [0.1, 0.15) is 0 Å². The third-order valence-corrected chi connectivity index (χ3v) is 5.43. The van der Waals surface area contributed by atoms with Crippen molar-refractivity contribution in [2.75, 3.05) is 0 Å². The molecule has 2 aromatic carbocycles. The van der Waals surface area contributed by atoms with Gasteiger partial charge >= 0.3 is 5.97 Å². The topological polar surface area (TPSA) is 37.3 Å². The highest BCUT2D eigenvalue weighted by Gasteiger charge is 2.08. The average molecular weight is 326 g/mol. The lowest BCUT2D eigenvalue weighted by Crippen LogP contribution is -1.94. The maximum absolute atomic E-state index is 10.9. The predicted octanol–water partition coefficient (Wildman–Crippen LogP) is 5.61. The number of aromatic carboxylic acids is 1. The van der Waals surface area contributed by atoms with Crippen molar-refractivity contribution < 1.29 is 9.90 Å². The van der Waals surface area contributed by atoms with Gasteiger partial charge in [-0.3, -0.25) is 0 Å². The van der Waals surface area contributed by atoms with Crippen LogP contribution >= 0.6 is 23.5 Å². The summed E-state index contributed by atoms with van der Waals surface area (Å²) in [6.07, 6.45) is 2.07. The summed E-state index contributed by atoms with van der Waals surface area (Å²) in [5.74, 6) is -0.899. The lowest BCUT2D eigenvalue weighted by Gasteiger charge is -2.11. The molecule has 22 heavy (non-hydrogen) atoms. The molecule has 0 amide bonds. The van der Waals surface area contributed by atoms with Crippen molar-refractivity contribution >= 4 is 41.1 Å². The minimum Gasteiger partial charge on any atom is -0.478 e. The van der Waals surface area contributed by atoms with Crippen molar-refractivity contribution in [3.63, 3.8) is 0 Å². The lowest BCUT2D eigenvalue weighted by molar-refractivity contribution is 0.0697. The molecule has 2 nitrogen and oxygen atoms in total. The zero-order valence-electron chi connectivity index (χ0n) is 11.9. The van der Waals surface area contributed by atoms with Gasteiger partial charge in [0.2, 0.25) is 0 Å². The van der Waals surface area contributed by atoms with E-state index in [0.717, 1.165) is 11.1 Å². The van der Waals surface area contributed by atoms with E-state index in [4.69, 9.17) is 5.11 Å². The maximum Gasteiger partial charge on any atom is 0.335 e. The molecule has 0 spiro atoms. The zero-order valence-corrected chi connectivity index (χ0v) is 13.6. The van der Waals surface area contributed by atoms with Crippen LogP contribution in [0.15, 0.2) is 63.1 Å². The minimum atomic E-state index is -0.899. The SMILES string of the molecule is C/C(=C\c1ccc(C(=O)O)cc1)c1ccc2c(c1)SC=CS2. The first-order valence-corrected chi connectivity index (χ1v) is 8.54. The van der Waals surface area contributed by atoms with Gasteiger partial charge in [0.15, 0.2) is 0 Å². The van der Waals surface area contributed by atoms with Gasteiger partial charge in [-0.1, -0.05) is 47.8 Å². The highest BCUT2D eigenvalue weighted by Crippen LogP contribution is 2.39. The molecule has 1 heterocycles. The van der Waals surface area contributed by atoms with E-state index >= 15 is 0 Å². The van der Waals surface area contributed by atoms with Crippen LogP contribution in [0.5, 0.6) is 0 Å². The smallest absolute Gasteiger partial charge is 0.335 e. The molecule has 1 aliphatic rings. The van der Waals surface area contributed by atoms with Crippen molar-refractivity contribution in [1.29, 1.82) is 0 Å². The second-order valence-electron chi connectivity index (χ2n) is 4.92. The summed E-state index contributed by atoms with van der Waals surface area (Å²) >= 11 is 3.48. The van der Waals surface area contributed by atoms with E-state index in [-0.39, 0.29) is 0 Å². The molecule has 1 N–H and O–H groups in total. The first kappa shape index (κ1) is 15.0. The number of benzene rings is 2. The summed E-state index contributed by atoms with van der Waals surface area (Å²) in [6, 6.07) is 13.4. The van der Waals surface area contributed by atoms with E-state index in [1.165, 1.54) is 15.4 Å². The first-order valence-electron chi connectivity index (χ1n) is 6.78. The van der Waals surface area contributed by atoms with Crippen LogP contribution in [0.4, 0.5) is 0 Å². The second kappa shape index (κ2) is 6.46. The Hall–Kier alpha value is -1.91. The number of carboxylic acid groups (broad SMARTS) is 1. The second-order valence-corrected chi connectivity index (χ2v) is 6.82. The van der Waals surface area contributed by atoms with Crippen LogP contribution in [-0.4, -0.2) is 11.1 Å². The van der Waals surface area contributed by atoms with E-state index in [9.17, 15) is 4.79 Å². The Balaban J connectivity index is 1.87. The van der Waals surface area contributed by atoms with E-state index in [1.807, 2.05) is 12.1 Å². The third kappa shape index (κ3) is 3.29. The Bertz CT molecular complexity index is 774.